The van der Waals surface area contributed by atoms with E-state index in [1.807, 2.05) is 0 Å². The van der Waals surface area contributed by atoms with Crippen LogP contribution in [0.5, 0.6) is 5.75 Å². The summed E-state index contributed by atoms with van der Waals surface area (Å²) in [7, 11) is 0. The Morgan fingerprint density at radius 3 is 2.41 bits per heavy atom. The van der Waals surface area contributed by atoms with E-state index in [1.54, 1.807) is 0 Å². The summed E-state index contributed by atoms with van der Waals surface area (Å²) in [6.07, 6.45) is -3.15. The van der Waals surface area contributed by atoms with Gasteiger partial charge in [0.05, 0.1) is 6.20 Å². The summed E-state index contributed by atoms with van der Waals surface area (Å²) >= 11 is 1.28. The standard InChI is InChI=1S/C9H6F3N3OS/c10-9(11,12)16-6-1-3-7(4-2-6)17-8-5-13-15-14-8/h1-5H,(H,13,14,15). The number of H-pyrrole nitrogens is 1. The molecule has 0 radical (unpaired) electrons. The quantitative estimate of drug-likeness (QED) is 0.923. The number of aromatic nitrogens is 3. The predicted octanol–water partition coefficient (Wildman–Crippen LogP) is 2.85. The van der Waals surface area contributed by atoms with Gasteiger partial charge in [-0.2, -0.15) is 10.3 Å². The molecule has 0 atom stereocenters. The summed E-state index contributed by atoms with van der Waals surface area (Å²) in [4.78, 5) is 0.744. The molecule has 2 rings (SSSR count). The van der Waals surface area contributed by atoms with Crippen LogP contribution in [0.4, 0.5) is 13.2 Å². The number of aromatic amines is 1. The molecule has 0 aliphatic heterocycles. The first-order chi connectivity index (χ1) is 8.03. The third-order valence-electron chi connectivity index (χ3n) is 1.67. The van der Waals surface area contributed by atoms with Crippen molar-refractivity contribution >= 4 is 11.8 Å². The van der Waals surface area contributed by atoms with Gasteiger partial charge in [-0.1, -0.05) is 11.8 Å². The summed E-state index contributed by atoms with van der Waals surface area (Å²) in [6, 6.07) is 5.52. The molecular weight excluding hydrogens is 255 g/mol. The van der Waals surface area contributed by atoms with Gasteiger partial charge in [0.15, 0.2) is 0 Å². The fourth-order valence-corrected chi connectivity index (χ4v) is 1.78. The van der Waals surface area contributed by atoms with Crippen molar-refractivity contribution in [1.29, 1.82) is 0 Å². The van der Waals surface area contributed by atoms with Crippen molar-refractivity contribution < 1.29 is 17.9 Å². The van der Waals surface area contributed by atoms with Crippen LogP contribution >= 0.6 is 11.8 Å². The molecule has 0 saturated carbocycles. The van der Waals surface area contributed by atoms with Crippen molar-refractivity contribution in [3.8, 4) is 5.75 Å². The number of halogens is 3. The van der Waals surface area contributed by atoms with Crippen molar-refractivity contribution in [3.63, 3.8) is 0 Å². The molecule has 0 bridgehead atoms. The second-order valence-electron chi connectivity index (χ2n) is 2.93. The molecular formula is C9H6F3N3OS. The fourth-order valence-electron chi connectivity index (χ4n) is 1.07. The van der Waals surface area contributed by atoms with Crippen LogP contribution in [0.15, 0.2) is 40.4 Å². The van der Waals surface area contributed by atoms with Crippen LogP contribution in [0.2, 0.25) is 0 Å². The Labute approximate surface area is 98.2 Å². The van der Waals surface area contributed by atoms with Gasteiger partial charge in [-0.15, -0.1) is 18.3 Å². The van der Waals surface area contributed by atoms with E-state index >= 15 is 0 Å². The lowest BCUT2D eigenvalue weighted by Crippen LogP contribution is -2.16. The van der Waals surface area contributed by atoms with Gasteiger partial charge in [0.2, 0.25) is 0 Å². The normalized spacial score (nSPS) is 11.5. The number of nitrogens with one attached hydrogen (secondary N) is 1. The Hall–Kier alpha value is -1.70. The van der Waals surface area contributed by atoms with Crippen LogP contribution in [0.25, 0.3) is 0 Å². The van der Waals surface area contributed by atoms with E-state index in [1.165, 1.54) is 42.2 Å². The van der Waals surface area contributed by atoms with Crippen molar-refractivity contribution in [2.24, 2.45) is 0 Å². The minimum atomic E-state index is -4.67. The van der Waals surface area contributed by atoms with Gasteiger partial charge in [-0.05, 0) is 24.3 Å². The highest BCUT2D eigenvalue weighted by Crippen LogP contribution is 2.28. The molecule has 1 aromatic carbocycles. The molecule has 2 aromatic rings. The van der Waals surface area contributed by atoms with E-state index in [2.05, 4.69) is 20.1 Å². The topological polar surface area (TPSA) is 50.8 Å². The van der Waals surface area contributed by atoms with Crippen LogP contribution in [0, 0.1) is 0 Å². The van der Waals surface area contributed by atoms with Crippen molar-refractivity contribution in [1.82, 2.24) is 15.4 Å². The van der Waals surface area contributed by atoms with Gasteiger partial charge in [-0.25, -0.2) is 0 Å². The molecule has 1 aromatic heterocycles. The molecule has 8 heteroatoms. The van der Waals surface area contributed by atoms with E-state index in [0.29, 0.717) is 5.03 Å². The molecule has 0 aliphatic rings. The van der Waals surface area contributed by atoms with Crippen molar-refractivity contribution in [3.05, 3.63) is 30.5 Å². The molecule has 90 valence electrons. The van der Waals surface area contributed by atoms with Crippen LogP contribution in [0.1, 0.15) is 0 Å². The van der Waals surface area contributed by atoms with Crippen LogP contribution in [-0.2, 0) is 0 Å². The molecule has 0 unspecified atom stereocenters. The van der Waals surface area contributed by atoms with Crippen LogP contribution in [0.3, 0.4) is 0 Å². The summed E-state index contributed by atoms with van der Waals surface area (Å²) in [5, 5.41) is 10.5. The molecule has 0 amide bonds. The molecule has 1 N–H and O–H groups in total. The third-order valence-corrected chi connectivity index (χ3v) is 2.59. The van der Waals surface area contributed by atoms with Crippen molar-refractivity contribution in [2.75, 3.05) is 0 Å². The largest absolute Gasteiger partial charge is 0.573 e. The molecule has 4 nitrogen and oxygen atoms in total. The fraction of sp³-hybridized carbons (Fsp3) is 0.111. The second kappa shape index (κ2) is 4.66. The van der Waals surface area contributed by atoms with Gasteiger partial charge in [0.1, 0.15) is 10.8 Å². The third kappa shape index (κ3) is 3.66. The van der Waals surface area contributed by atoms with Gasteiger partial charge in [0, 0.05) is 4.90 Å². The molecule has 17 heavy (non-hydrogen) atoms. The Bertz CT molecular complexity index is 469. The van der Waals surface area contributed by atoms with E-state index in [9.17, 15) is 13.2 Å². The first-order valence-corrected chi connectivity index (χ1v) is 5.24. The Morgan fingerprint density at radius 1 is 1.18 bits per heavy atom. The highest BCUT2D eigenvalue weighted by molar-refractivity contribution is 7.99. The molecule has 1 heterocycles. The zero-order chi connectivity index (χ0) is 12.3. The number of benzene rings is 1. The average molecular weight is 261 g/mol. The summed E-state index contributed by atoms with van der Waals surface area (Å²) in [5.41, 5.74) is 0. The second-order valence-corrected chi connectivity index (χ2v) is 4.02. The predicted molar refractivity (Wildman–Crippen MR) is 53.6 cm³/mol. The Morgan fingerprint density at radius 2 is 1.88 bits per heavy atom. The lowest BCUT2D eigenvalue weighted by molar-refractivity contribution is -0.274. The average Bonchev–Trinajstić information content (AvgIpc) is 2.71. The van der Waals surface area contributed by atoms with E-state index in [4.69, 9.17) is 0 Å². The summed E-state index contributed by atoms with van der Waals surface area (Å²) < 4.78 is 39.4. The molecule has 0 aliphatic carbocycles. The smallest absolute Gasteiger partial charge is 0.406 e. The monoisotopic (exact) mass is 261 g/mol. The van der Waals surface area contributed by atoms with Gasteiger partial charge in [0.25, 0.3) is 0 Å². The summed E-state index contributed by atoms with van der Waals surface area (Å²) in [6.45, 7) is 0. The maximum absolute atomic E-state index is 11.9. The first-order valence-electron chi connectivity index (χ1n) is 4.42. The molecule has 0 spiro atoms. The molecule has 0 fully saturated rings. The van der Waals surface area contributed by atoms with E-state index < -0.39 is 6.36 Å². The maximum Gasteiger partial charge on any atom is 0.573 e. The van der Waals surface area contributed by atoms with Gasteiger partial charge < -0.3 is 4.74 Å². The van der Waals surface area contributed by atoms with E-state index in [0.717, 1.165) is 4.90 Å². The number of nitrogens with zero attached hydrogens (tertiary/aromatic N) is 2. The van der Waals surface area contributed by atoms with Gasteiger partial charge >= 0.3 is 6.36 Å². The highest BCUT2D eigenvalue weighted by atomic mass is 32.2. The lowest BCUT2D eigenvalue weighted by Gasteiger charge is -2.08. The maximum atomic E-state index is 11.9. The minimum absolute atomic E-state index is 0.248. The van der Waals surface area contributed by atoms with Gasteiger partial charge in [-0.3, -0.25) is 0 Å². The lowest BCUT2D eigenvalue weighted by atomic mass is 10.3. The minimum Gasteiger partial charge on any atom is -0.406 e. The SMILES string of the molecule is FC(F)(F)Oc1ccc(Sc2cn[nH]n2)cc1. The highest BCUT2D eigenvalue weighted by Gasteiger charge is 2.30. The number of ether oxygens (including phenoxy) is 1. The molecule has 0 saturated heterocycles. The number of hydrogen-bond acceptors (Lipinski definition) is 4. The summed E-state index contributed by atoms with van der Waals surface area (Å²) in [5.74, 6) is -0.248. The Balaban J connectivity index is 2.03. The van der Waals surface area contributed by atoms with E-state index in [-0.39, 0.29) is 5.75 Å². The first kappa shape index (κ1) is 11.8. The van der Waals surface area contributed by atoms with Crippen molar-refractivity contribution in [2.45, 2.75) is 16.3 Å². The zero-order valence-corrected chi connectivity index (χ0v) is 9.05. The number of rotatable bonds is 3. The van der Waals surface area contributed by atoms with Crippen LogP contribution in [-0.4, -0.2) is 21.8 Å². The van der Waals surface area contributed by atoms with Crippen LogP contribution < -0.4 is 4.74 Å². The zero-order valence-electron chi connectivity index (χ0n) is 8.23. The number of hydrogen-bond donors (Lipinski definition) is 1. The Kier molecular flexibility index (Phi) is 3.23. The number of alkyl halides is 3.